The van der Waals surface area contributed by atoms with Gasteiger partial charge in [0.25, 0.3) is 5.91 Å². The topological polar surface area (TPSA) is 102 Å². The summed E-state index contributed by atoms with van der Waals surface area (Å²) in [5.74, 6) is -0.270. The fraction of sp³-hybridized carbons (Fsp3) is 0.364. The first-order valence-corrected chi connectivity index (χ1v) is 12.0. The van der Waals surface area contributed by atoms with Crippen molar-refractivity contribution in [1.29, 1.82) is 0 Å². The van der Waals surface area contributed by atoms with Gasteiger partial charge in [-0.15, -0.1) is 0 Å². The summed E-state index contributed by atoms with van der Waals surface area (Å²) in [5, 5.41) is 6.40. The third-order valence-corrected chi connectivity index (χ3v) is 6.34. The van der Waals surface area contributed by atoms with Crippen LogP contribution in [0.25, 0.3) is 0 Å². The number of halogens is 2. The number of unbranched alkanes of at least 4 members (excludes halogenated alkanes) is 2. The van der Waals surface area contributed by atoms with Gasteiger partial charge in [0, 0.05) is 49.1 Å². The summed E-state index contributed by atoms with van der Waals surface area (Å²) in [7, 11) is 0. The minimum atomic E-state index is -2.49. The summed E-state index contributed by atoms with van der Waals surface area (Å²) < 4.78 is 24.7. The van der Waals surface area contributed by atoms with E-state index >= 15 is 0 Å². The molecule has 10 heteroatoms. The Labute approximate surface area is 200 Å². The van der Waals surface area contributed by atoms with Crippen molar-refractivity contribution in [3.63, 3.8) is 0 Å². The second kappa shape index (κ2) is 13.4. The fourth-order valence-electron chi connectivity index (χ4n) is 3.03. The van der Waals surface area contributed by atoms with Crippen LogP contribution in [-0.4, -0.2) is 40.2 Å². The van der Waals surface area contributed by atoms with Crippen LogP contribution in [0, 0.1) is 0 Å². The van der Waals surface area contributed by atoms with Gasteiger partial charge in [-0.3, -0.25) is 13.8 Å². The second-order valence-corrected chi connectivity index (χ2v) is 8.79. The first kappa shape index (κ1) is 26.1. The van der Waals surface area contributed by atoms with Crippen LogP contribution < -0.4 is 14.9 Å². The van der Waals surface area contributed by atoms with Crippen LogP contribution in [0.15, 0.2) is 42.5 Å². The highest BCUT2D eigenvalue weighted by atomic mass is 35.5. The van der Waals surface area contributed by atoms with Gasteiger partial charge >= 0.3 is 0 Å². The zero-order chi connectivity index (χ0) is 23.5. The van der Waals surface area contributed by atoms with Crippen molar-refractivity contribution in [3.8, 4) is 0 Å². The lowest BCUT2D eigenvalue weighted by molar-refractivity contribution is -0.118. The molecule has 0 radical (unpaired) electrons. The number of benzene rings is 2. The monoisotopic (exact) mass is 498 g/mol. The molecule has 2 N–H and O–H groups in total. The molecule has 0 fully saturated rings. The highest BCUT2D eigenvalue weighted by Crippen LogP contribution is 2.26. The standard InChI is InChI=1S/C22H27Cl2N3O4S/c1-16(28)25-13-3-2-4-14-26-22(29)18-8-10-19(11-9-18)27(32(30)31)15-12-17-6-5-7-20(23)21(17)24/h5-11H,2-4,12-15H2,1H3,(H,25,28)(H,26,29)(H,30,31)/p-1. The van der Waals surface area contributed by atoms with Crippen molar-refractivity contribution in [2.24, 2.45) is 0 Å². The molecule has 1 atom stereocenters. The van der Waals surface area contributed by atoms with Crippen molar-refractivity contribution in [3.05, 3.63) is 63.6 Å². The van der Waals surface area contributed by atoms with Gasteiger partial charge in [0.1, 0.15) is 0 Å². The number of nitrogens with zero attached hydrogens (tertiary/aromatic N) is 1. The number of hydrogen-bond acceptors (Lipinski definition) is 4. The van der Waals surface area contributed by atoms with Crippen LogP contribution in [0.1, 0.15) is 42.1 Å². The summed E-state index contributed by atoms with van der Waals surface area (Å²) in [6.45, 7) is 2.82. The predicted octanol–water partition coefficient (Wildman–Crippen LogP) is 3.87. The molecular formula is C22H26Cl2N3O4S-. The third-order valence-electron chi connectivity index (χ3n) is 4.73. The molecule has 0 aliphatic rings. The SMILES string of the molecule is CC(=O)NCCCCCNC(=O)c1ccc(N(CCc2cccc(Cl)c2Cl)S(=O)[O-])cc1. The Morgan fingerprint density at radius 2 is 1.66 bits per heavy atom. The number of rotatable bonds is 12. The van der Waals surface area contributed by atoms with Gasteiger partial charge in [0.05, 0.1) is 10.0 Å². The summed E-state index contributed by atoms with van der Waals surface area (Å²) >= 11 is 9.71. The highest BCUT2D eigenvalue weighted by Gasteiger charge is 2.12. The molecule has 174 valence electrons. The Bertz CT molecular complexity index is 941. The molecular weight excluding hydrogens is 473 g/mol. The zero-order valence-electron chi connectivity index (χ0n) is 17.7. The van der Waals surface area contributed by atoms with Gasteiger partial charge in [-0.2, -0.15) is 0 Å². The van der Waals surface area contributed by atoms with Crippen LogP contribution in [-0.2, 0) is 22.5 Å². The molecule has 0 heterocycles. The molecule has 32 heavy (non-hydrogen) atoms. The van der Waals surface area contributed by atoms with E-state index in [1.165, 1.54) is 11.2 Å². The molecule has 0 aliphatic heterocycles. The van der Waals surface area contributed by atoms with Crippen molar-refractivity contribution < 1.29 is 18.4 Å². The average Bonchev–Trinajstić information content (AvgIpc) is 2.76. The second-order valence-electron chi connectivity index (χ2n) is 7.13. The van der Waals surface area contributed by atoms with Crippen molar-refractivity contribution in [2.75, 3.05) is 23.9 Å². The van der Waals surface area contributed by atoms with E-state index in [0.717, 1.165) is 24.8 Å². The maximum absolute atomic E-state index is 12.3. The van der Waals surface area contributed by atoms with Crippen LogP contribution in [0.2, 0.25) is 10.0 Å². The average molecular weight is 499 g/mol. The molecule has 7 nitrogen and oxygen atoms in total. The number of hydrogen-bond donors (Lipinski definition) is 2. The van der Waals surface area contributed by atoms with E-state index in [1.54, 1.807) is 42.5 Å². The minimum Gasteiger partial charge on any atom is -0.755 e. The number of nitrogens with one attached hydrogen (secondary N) is 2. The zero-order valence-corrected chi connectivity index (χ0v) is 20.1. The lowest BCUT2D eigenvalue weighted by Crippen LogP contribution is -2.28. The van der Waals surface area contributed by atoms with Crippen molar-refractivity contribution in [2.45, 2.75) is 32.6 Å². The van der Waals surface area contributed by atoms with Gasteiger partial charge in [-0.1, -0.05) is 35.3 Å². The van der Waals surface area contributed by atoms with Crippen LogP contribution in [0.3, 0.4) is 0 Å². The first-order valence-electron chi connectivity index (χ1n) is 10.2. The van der Waals surface area contributed by atoms with E-state index in [0.29, 0.717) is 40.8 Å². The maximum Gasteiger partial charge on any atom is 0.251 e. The van der Waals surface area contributed by atoms with Crippen molar-refractivity contribution in [1.82, 2.24) is 10.6 Å². The van der Waals surface area contributed by atoms with E-state index in [-0.39, 0.29) is 18.4 Å². The molecule has 2 aromatic carbocycles. The third kappa shape index (κ3) is 8.43. The number of amides is 2. The molecule has 1 unspecified atom stereocenters. The van der Waals surface area contributed by atoms with Gasteiger partial charge in [0.2, 0.25) is 5.91 Å². The van der Waals surface area contributed by atoms with Gasteiger partial charge in [-0.25, -0.2) is 0 Å². The number of anilines is 1. The van der Waals surface area contributed by atoms with E-state index in [4.69, 9.17) is 23.2 Å². The summed E-state index contributed by atoms with van der Waals surface area (Å²) in [5.41, 5.74) is 1.65. The molecule has 0 saturated carbocycles. The van der Waals surface area contributed by atoms with Crippen LogP contribution in [0.5, 0.6) is 0 Å². The van der Waals surface area contributed by atoms with E-state index in [9.17, 15) is 18.4 Å². The van der Waals surface area contributed by atoms with Crippen LogP contribution >= 0.6 is 23.2 Å². The quantitative estimate of drug-likeness (QED) is 0.342. The largest absolute Gasteiger partial charge is 0.755 e. The lowest BCUT2D eigenvalue weighted by atomic mass is 10.1. The van der Waals surface area contributed by atoms with Gasteiger partial charge < -0.3 is 19.5 Å². The molecule has 0 spiro atoms. The lowest BCUT2D eigenvalue weighted by Gasteiger charge is -2.26. The van der Waals surface area contributed by atoms with E-state index < -0.39 is 11.3 Å². The Kier molecular flexibility index (Phi) is 11.0. The number of carbonyl (C=O) groups is 2. The summed E-state index contributed by atoms with van der Waals surface area (Å²) in [4.78, 5) is 23.1. The van der Waals surface area contributed by atoms with E-state index in [1.807, 2.05) is 0 Å². The van der Waals surface area contributed by atoms with Gasteiger partial charge in [-0.05, 0) is 61.6 Å². The van der Waals surface area contributed by atoms with Gasteiger partial charge in [0.15, 0.2) is 0 Å². The minimum absolute atomic E-state index is 0.0469. The molecule has 0 aliphatic carbocycles. The molecule has 2 amide bonds. The Balaban J connectivity index is 1.86. The molecule has 2 aromatic rings. The van der Waals surface area contributed by atoms with Crippen LogP contribution in [0.4, 0.5) is 5.69 Å². The highest BCUT2D eigenvalue weighted by molar-refractivity contribution is 7.80. The molecule has 0 saturated heterocycles. The summed E-state index contributed by atoms with van der Waals surface area (Å²) in [6, 6.07) is 11.6. The van der Waals surface area contributed by atoms with E-state index in [2.05, 4.69) is 10.6 Å². The summed E-state index contributed by atoms with van der Waals surface area (Å²) in [6.07, 6.45) is 2.93. The number of carbonyl (C=O) groups excluding carboxylic acids is 2. The smallest absolute Gasteiger partial charge is 0.251 e. The molecule has 0 bridgehead atoms. The Morgan fingerprint density at radius 1 is 1.00 bits per heavy atom. The maximum atomic E-state index is 12.3. The Morgan fingerprint density at radius 3 is 2.28 bits per heavy atom. The predicted molar refractivity (Wildman–Crippen MR) is 128 cm³/mol. The van der Waals surface area contributed by atoms with Crippen molar-refractivity contribution >= 4 is 52.0 Å². The first-order chi connectivity index (χ1) is 15.3. The Hall–Kier alpha value is -2.13. The molecule has 2 rings (SSSR count). The fourth-order valence-corrected chi connectivity index (χ4v) is 3.98. The molecule has 0 aromatic heterocycles. The normalized spacial score (nSPS) is 11.6.